The minimum Gasteiger partial charge on any atom is -0.478 e. The zero-order chi connectivity index (χ0) is 17.9. The summed E-state index contributed by atoms with van der Waals surface area (Å²) in [5, 5.41) is 3.86. The molecular formula is C17H18N4O3S. The standard InChI is InChI=1S/C17H18N4O3S/c1-3-24-17-12(5-4-8-18-17)10-19-16-14-9-13(25(2,22)23)6-7-15(14)20-11-21-16/h4-9,11H,3,10H2,1-2H3,(H,19,20,21). The van der Waals surface area contributed by atoms with Gasteiger partial charge in [0.25, 0.3) is 0 Å². The van der Waals surface area contributed by atoms with Gasteiger partial charge in [0, 0.05) is 29.9 Å². The van der Waals surface area contributed by atoms with Crippen LogP contribution in [0, 0.1) is 0 Å². The van der Waals surface area contributed by atoms with E-state index < -0.39 is 9.84 Å². The number of pyridine rings is 1. The lowest BCUT2D eigenvalue weighted by atomic mass is 10.2. The van der Waals surface area contributed by atoms with Crippen molar-refractivity contribution in [1.29, 1.82) is 0 Å². The molecule has 2 aromatic heterocycles. The molecule has 0 aliphatic rings. The first-order chi connectivity index (χ1) is 12.0. The average Bonchev–Trinajstić information content (AvgIpc) is 2.60. The van der Waals surface area contributed by atoms with Crippen LogP contribution in [-0.2, 0) is 16.4 Å². The molecule has 0 unspecified atom stereocenters. The van der Waals surface area contributed by atoms with Crippen LogP contribution in [-0.4, -0.2) is 36.2 Å². The van der Waals surface area contributed by atoms with Crippen LogP contribution in [0.1, 0.15) is 12.5 Å². The molecule has 3 aromatic rings. The maximum Gasteiger partial charge on any atom is 0.218 e. The van der Waals surface area contributed by atoms with Crippen LogP contribution in [0.5, 0.6) is 5.88 Å². The van der Waals surface area contributed by atoms with Crippen molar-refractivity contribution in [2.45, 2.75) is 18.4 Å². The summed E-state index contributed by atoms with van der Waals surface area (Å²) in [5.74, 6) is 1.12. The van der Waals surface area contributed by atoms with Gasteiger partial charge < -0.3 is 10.1 Å². The third kappa shape index (κ3) is 3.85. The monoisotopic (exact) mass is 358 g/mol. The van der Waals surface area contributed by atoms with Gasteiger partial charge in [0.05, 0.1) is 17.0 Å². The summed E-state index contributed by atoms with van der Waals surface area (Å²) >= 11 is 0. The van der Waals surface area contributed by atoms with E-state index in [1.165, 1.54) is 12.6 Å². The Kier molecular flexibility index (Phi) is 4.80. The highest BCUT2D eigenvalue weighted by Gasteiger charge is 2.12. The number of rotatable bonds is 6. The van der Waals surface area contributed by atoms with Crippen molar-refractivity contribution in [3.63, 3.8) is 0 Å². The lowest BCUT2D eigenvalue weighted by molar-refractivity contribution is 0.323. The minimum atomic E-state index is -3.31. The van der Waals surface area contributed by atoms with Gasteiger partial charge in [0.15, 0.2) is 9.84 Å². The maximum absolute atomic E-state index is 11.8. The molecule has 0 saturated carbocycles. The number of nitrogens with one attached hydrogen (secondary N) is 1. The first-order valence-electron chi connectivity index (χ1n) is 7.74. The Morgan fingerprint density at radius 3 is 2.76 bits per heavy atom. The van der Waals surface area contributed by atoms with Crippen LogP contribution in [0.3, 0.4) is 0 Å². The molecule has 0 aliphatic carbocycles. The summed E-state index contributed by atoms with van der Waals surface area (Å²) in [6, 6.07) is 8.55. The lowest BCUT2D eigenvalue weighted by Gasteiger charge is -2.11. The summed E-state index contributed by atoms with van der Waals surface area (Å²) in [4.78, 5) is 12.9. The van der Waals surface area contributed by atoms with Crippen LogP contribution in [0.4, 0.5) is 5.82 Å². The number of anilines is 1. The van der Waals surface area contributed by atoms with Crippen LogP contribution >= 0.6 is 0 Å². The van der Waals surface area contributed by atoms with Gasteiger partial charge in [-0.1, -0.05) is 6.07 Å². The molecule has 0 radical (unpaired) electrons. The molecule has 7 nitrogen and oxygen atoms in total. The number of aromatic nitrogens is 3. The highest BCUT2D eigenvalue weighted by Crippen LogP contribution is 2.24. The van der Waals surface area contributed by atoms with Crippen molar-refractivity contribution in [3.8, 4) is 5.88 Å². The largest absolute Gasteiger partial charge is 0.478 e. The molecule has 1 N–H and O–H groups in total. The molecule has 25 heavy (non-hydrogen) atoms. The fraction of sp³-hybridized carbons (Fsp3) is 0.235. The van der Waals surface area contributed by atoms with Gasteiger partial charge in [-0.15, -0.1) is 0 Å². The Morgan fingerprint density at radius 2 is 2.00 bits per heavy atom. The molecule has 3 rings (SSSR count). The first kappa shape index (κ1) is 17.1. The molecule has 1 aromatic carbocycles. The van der Waals surface area contributed by atoms with E-state index in [1.54, 1.807) is 24.4 Å². The van der Waals surface area contributed by atoms with Gasteiger partial charge in [-0.2, -0.15) is 0 Å². The number of hydrogen-bond acceptors (Lipinski definition) is 7. The van der Waals surface area contributed by atoms with E-state index >= 15 is 0 Å². The minimum absolute atomic E-state index is 0.231. The molecule has 0 spiro atoms. The maximum atomic E-state index is 11.8. The Hall–Kier alpha value is -2.74. The van der Waals surface area contributed by atoms with Crippen LogP contribution < -0.4 is 10.1 Å². The molecule has 8 heteroatoms. The second-order valence-corrected chi connectivity index (χ2v) is 7.44. The van der Waals surface area contributed by atoms with Crippen molar-refractivity contribution in [1.82, 2.24) is 15.0 Å². The molecule has 0 amide bonds. The van der Waals surface area contributed by atoms with Crippen molar-refractivity contribution < 1.29 is 13.2 Å². The van der Waals surface area contributed by atoms with Gasteiger partial charge >= 0.3 is 0 Å². The molecule has 0 saturated heterocycles. The van der Waals surface area contributed by atoms with E-state index in [0.717, 1.165) is 5.56 Å². The Bertz CT molecular complexity index is 1010. The molecular weight excluding hydrogens is 340 g/mol. The number of benzene rings is 1. The third-order valence-electron chi connectivity index (χ3n) is 3.61. The van der Waals surface area contributed by atoms with Crippen molar-refractivity contribution in [3.05, 3.63) is 48.4 Å². The third-order valence-corrected chi connectivity index (χ3v) is 4.72. The van der Waals surface area contributed by atoms with Gasteiger partial charge in [-0.05, 0) is 31.2 Å². The summed E-state index contributed by atoms with van der Waals surface area (Å²) in [7, 11) is -3.31. The smallest absolute Gasteiger partial charge is 0.218 e. The topological polar surface area (TPSA) is 94.1 Å². The molecule has 130 valence electrons. The summed E-state index contributed by atoms with van der Waals surface area (Å²) in [6.07, 6.45) is 4.29. The zero-order valence-electron chi connectivity index (χ0n) is 13.9. The van der Waals surface area contributed by atoms with Gasteiger partial charge in [0.1, 0.15) is 12.1 Å². The lowest BCUT2D eigenvalue weighted by Crippen LogP contribution is -2.06. The van der Waals surface area contributed by atoms with E-state index in [2.05, 4.69) is 20.3 Å². The number of fused-ring (bicyclic) bond motifs is 1. The van der Waals surface area contributed by atoms with E-state index in [1.807, 2.05) is 19.1 Å². The van der Waals surface area contributed by atoms with Crippen LogP contribution in [0.15, 0.2) is 47.8 Å². The second kappa shape index (κ2) is 7.02. The van der Waals surface area contributed by atoms with Crippen LogP contribution in [0.25, 0.3) is 10.9 Å². The number of nitrogens with zero attached hydrogens (tertiary/aromatic N) is 3. The molecule has 0 atom stereocenters. The van der Waals surface area contributed by atoms with E-state index in [0.29, 0.717) is 35.8 Å². The SMILES string of the molecule is CCOc1ncccc1CNc1ncnc2ccc(S(C)(=O)=O)cc12. The highest BCUT2D eigenvalue weighted by molar-refractivity contribution is 7.90. The highest BCUT2D eigenvalue weighted by atomic mass is 32.2. The van der Waals surface area contributed by atoms with Crippen molar-refractivity contribution in [2.24, 2.45) is 0 Å². The number of hydrogen-bond donors (Lipinski definition) is 1. The molecule has 0 aliphatic heterocycles. The quantitative estimate of drug-likeness (QED) is 0.723. The van der Waals surface area contributed by atoms with Crippen molar-refractivity contribution >= 4 is 26.6 Å². The Morgan fingerprint density at radius 1 is 1.16 bits per heavy atom. The summed E-state index contributed by atoms with van der Waals surface area (Å²) in [5.41, 5.74) is 1.55. The van der Waals surface area contributed by atoms with Gasteiger partial charge in [-0.25, -0.2) is 23.4 Å². The first-order valence-corrected chi connectivity index (χ1v) is 9.63. The van der Waals surface area contributed by atoms with E-state index in [9.17, 15) is 8.42 Å². The summed E-state index contributed by atoms with van der Waals surface area (Å²) < 4.78 is 29.1. The van der Waals surface area contributed by atoms with E-state index in [4.69, 9.17) is 4.74 Å². The summed E-state index contributed by atoms with van der Waals surface area (Å²) in [6.45, 7) is 2.87. The fourth-order valence-corrected chi connectivity index (χ4v) is 3.06. The fourth-order valence-electron chi connectivity index (χ4n) is 2.41. The number of ether oxygens (including phenoxy) is 1. The molecule has 0 bridgehead atoms. The molecule has 0 fully saturated rings. The van der Waals surface area contributed by atoms with Crippen molar-refractivity contribution in [2.75, 3.05) is 18.2 Å². The molecule has 2 heterocycles. The predicted molar refractivity (Wildman–Crippen MR) is 95.4 cm³/mol. The second-order valence-electron chi connectivity index (χ2n) is 5.43. The predicted octanol–water partition coefficient (Wildman–Crippen LogP) is 2.44. The number of sulfone groups is 1. The Balaban J connectivity index is 1.94. The average molecular weight is 358 g/mol. The normalized spacial score (nSPS) is 11.4. The Labute approximate surface area is 146 Å². The van der Waals surface area contributed by atoms with Gasteiger partial charge in [-0.3, -0.25) is 0 Å². The zero-order valence-corrected chi connectivity index (χ0v) is 14.7. The van der Waals surface area contributed by atoms with E-state index in [-0.39, 0.29) is 4.90 Å². The van der Waals surface area contributed by atoms with Crippen LogP contribution in [0.2, 0.25) is 0 Å². The van der Waals surface area contributed by atoms with Gasteiger partial charge in [0.2, 0.25) is 5.88 Å².